The fourth-order valence-electron chi connectivity index (χ4n) is 2.63. The van der Waals surface area contributed by atoms with Crippen molar-refractivity contribution in [1.82, 2.24) is 5.32 Å². The number of hydrogen-bond acceptors (Lipinski definition) is 1. The van der Waals surface area contributed by atoms with Crippen molar-refractivity contribution in [3.63, 3.8) is 0 Å². The average Bonchev–Trinajstić information content (AvgIpc) is 2.47. The fraction of sp³-hybridized carbons (Fsp3) is 0.368. The molecule has 112 valence electrons. The van der Waals surface area contributed by atoms with Crippen LogP contribution in [0.5, 0.6) is 0 Å². The Morgan fingerprint density at radius 2 is 1.81 bits per heavy atom. The van der Waals surface area contributed by atoms with Gasteiger partial charge in [0.05, 0.1) is 6.04 Å². The van der Waals surface area contributed by atoms with Crippen LogP contribution in [0.25, 0.3) is 0 Å². The molecule has 0 aromatic heterocycles. The first kappa shape index (κ1) is 15.7. The Labute approximate surface area is 127 Å². The van der Waals surface area contributed by atoms with Gasteiger partial charge in [-0.3, -0.25) is 0 Å². The van der Waals surface area contributed by atoms with Gasteiger partial charge in [0.25, 0.3) is 0 Å². The minimum absolute atomic E-state index is 0.115. The Morgan fingerprint density at radius 3 is 2.48 bits per heavy atom. The number of rotatable bonds is 5. The Balaban J connectivity index is 2.47. The summed E-state index contributed by atoms with van der Waals surface area (Å²) in [5, 5.41) is 3.59. The van der Waals surface area contributed by atoms with Gasteiger partial charge in [-0.1, -0.05) is 37.3 Å². The van der Waals surface area contributed by atoms with Crippen LogP contribution in [-0.2, 0) is 0 Å². The molecule has 0 spiro atoms. The van der Waals surface area contributed by atoms with Crippen LogP contribution in [0.1, 0.15) is 47.2 Å². The lowest BCUT2D eigenvalue weighted by atomic mass is 9.92. The van der Waals surface area contributed by atoms with E-state index in [4.69, 9.17) is 0 Å². The molecule has 0 radical (unpaired) electrons. The smallest absolute Gasteiger partial charge is 0.126 e. The fourth-order valence-corrected chi connectivity index (χ4v) is 2.63. The van der Waals surface area contributed by atoms with E-state index in [1.807, 2.05) is 19.1 Å². The van der Waals surface area contributed by atoms with Crippen molar-refractivity contribution in [2.75, 3.05) is 6.54 Å². The number of aryl methyl sites for hydroxylation is 2. The second kappa shape index (κ2) is 6.86. The monoisotopic (exact) mass is 285 g/mol. The molecule has 0 saturated heterocycles. The second-order valence-corrected chi connectivity index (χ2v) is 5.68. The van der Waals surface area contributed by atoms with Gasteiger partial charge < -0.3 is 5.32 Å². The highest BCUT2D eigenvalue weighted by molar-refractivity contribution is 5.41. The predicted molar refractivity (Wildman–Crippen MR) is 87.2 cm³/mol. The zero-order chi connectivity index (χ0) is 15.4. The SMILES string of the molecule is CCCNC(c1ccc(F)c(C)c1)c1cccc(C)c1C. The van der Waals surface area contributed by atoms with Crippen molar-refractivity contribution in [1.29, 1.82) is 0 Å². The summed E-state index contributed by atoms with van der Waals surface area (Å²) in [7, 11) is 0. The maximum absolute atomic E-state index is 13.5. The van der Waals surface area contributed by atoms with Crippen molar-refractivity contribution in [2.24, 2.45) is 0 Å². The van der Waals surface area contributed by atoms with E-state index < -0.39 is 0 Å². The van der Waals surface area contributed by atoms with Crippen molar-refractivity contribution in [3.05, 3.63) is 70.0 Å². The molecule has 0 aliphatic rings. The highest BCUT2D eigenvalue weighted by Crippen LogP contribution is 2.27. The van der Waals surface area contributed by atoms with E-state index in [0.717, 1.165) is 18.5 Å². The molecule has 2 aromatic carbocycles. The van der Waals surface area contributed by atoms with Gasteiger partial charge in [-0.05, 0) is 67.6 Å². The van der Waals surface area contributed by atoms with E-state index in [9.17, 15) is 4.39 Å². The summed E-state index contributed by atoms with van der Waals surface area (Å²) in [5.74, 6) is -0.144. The first-order valence-corrected chi connectivity index (χ1v) is 7.60. The summed E-state index contributed by atoms with van der Waals surface area (Å²) < 4.78 is 13.5. The molecular weight excluding hydrogens is 261 g/mol. The van der Waals surface area contributed by atoms with Crippen LogP contribution in [0.4, 0.5) is 4.39 Å². The summed E-state index contributed by atoms with van der Waals surface area (Å²) in [6.45, 7) is 9.20. The highest BCUT2D eigenvalue weighted by Gasteiger charge is 2.17. The zero-order valence-electron chi connectivity index (χ0n) is 13.3. The second-order valence-electron chi connectivity index (χ2n) is 5.68. The lowest BCUT2D eigenvalue weighted by molar-refractivity contribution is 0.588. The maximum atomic E-state index is 13.5. The molecule has 0 saturated carbocycles. The van der Waals surface area contributed by atoms with Crippen LogP contribution in [0.2, 0.25) is 0 Å². The summed E-state index contributed by atoms with van der Waals surface area (Å²) in [6.07, 6.45) is 1.07. The molecule has 2 aromatic rings. The number of halogens is 1. The van der Waals surface area contributed by atoms with Crippen molar-refractivity contribution in [3.8, 4) is 0 Å². The molecule has 0 amide bonds. The number of hydrogen-bond donors (Lipinski definition) is 1. The third-order valence-corrected chi connectivity index (χ3v) is 4.07. The molecule has 0 aliphatic carbocycles. The predicted octanol–water partition coefficient (Wildman–Crippen LogP) is 4.84. The molecule has 0 heterocycles. The third-order valence-electron chi connectivity index (χ3n) is 4.07. The Morgan fingerprint density at radius 1 is 1.05 bits per heavy atom. The molecule has 1 unspecified atom stereocenters. The first-order chi connectivity index (χ1) is 10.0. The average molecular weight is 285 g/mol. The Hall–Kier alpha value is -1.67. The van der Waals surface area contributed by atoms with Crippen molar-refractivity contribution >= 4 is 0 Å². The minimum atomic E-state index is -0.144. The van der Waals surface area contributed by atoms with Gasteiger partial charge in [-0.25, -0.2) is 4.39 Å². The topological polar surface area (TPSA) is 12.0 Å². The molecule has 2 rings (SSSR count). The van der Waals surface area contributed by atoms with Crippen LogP contribution >= 0.6 is 0 Å². The molecule has 1 nitrogen and oxygen atoms in total. The van der Waals surface area contributed by atoms with Crippen molar-refractivity contribution < 1.29 is 4.39 Å². The van der Waals surface area contributed by atoms with Gasteiger partial charge in [-0.15, -0.1) is 0 Å². The van der Waals surface area contributed by atoms with Gasteiger partial charge in [0.1, 0.15) is 5.82 Å². The molecule has 0 fully saturated rings. The lowest BCUT2D eigenvalue weighted by Gasteiger charge is -2.23. The minimum Gasteiger partial charge on any atom is -0.306 e. The molecule has 0 bridgehead atoms. The summed E-state index contributed by atoms with van der Waals surface area (Å²) in [6, 6.07) is 11.9. The van der Waals surface area contributed by atoms with Crippen LogP contribution in [-0.4, -0.2) is 6.54 Å². The van der Waals surface area contributed by atoms with Gasteiger partial charge >= 0.3 is 0 Å². The maximum Gasteiger partial charge on any atom is 0.126 e. The van der Waals surface area contributed by atoms with E-state index >= 15 is 0 Å². The molecule has 2 heteroatoms. The summed E-state index contributed by atoms with van der Waals surface area (Å²) in [5.41, 5.74) is 5.68. The molecule has 1 atom stereocenters. The molecule has 1 N–H and O–H groups in total. The summed E-state index contributed by atoms with van der Waals surface area (Å²) >= 11 is 0. The van der Waals surface area contributed by atoms with E-state index in [1.54, 1.807) is 6.07 Å². The largest absolute Gasteiger partial charge is 0.306 e. The normalized spacial score (nSPS) is 12.4. The van der Waals surface area contributed by atoms with Gasteiger partial charge in [0.15, 0.2) is 0 Å². The van der Waals surface area contributed by atoms with Gasteiger partial charge in [-0.2, -0.15) is 0 Å². The first-order valence-electron chi connectivity index (χ1n) is 7.60. The standard InChI is InChI=1S/C19H24FN/c1-5-11-21-19(16-9-10-18(20)14(3)12-16)17-8-6-7-13(2)15(17)4/h6-10,12,19,21H,5,11H2,1-4H3. The lowest BCUT2D eigenvalue weighted by Crippen LogP contribution is -2.24. The summed E-state index contributed by atoms with van der Waals surface area (Å²) in [4.78, 5) is 0. The molecule has 21 heavy (non-hydrogen) atoms. The van der Waals surface area contributed by atoms with Crippen LogP contribution in [0, 0.1) is 26.6 Å². The van der Waals surface area contributed by atoms with E-state index in [-0.39, 0.29) is 11.9 Å². The van der Waals surface area contributed by atoms with Crippen LogP contribution in [0.15, 0.2) is 36.4 Å². The van der Waals surface area contributed by atoms with E-state index in [0.29, 0.717) is 5.56 Å². The molecular formula is C19H24FN. The number of nitrogens with one attached hydrogen (secondary N) is 1. The van der Waals surface area contributed by atoms with Crippen LogP contribution in [0.3, 0.4) is 0 Å². The zero-order valence-corrected chi connectivity index (χ0v) is 13.3. The Bertz CT molecular complexity index is 619. The van der Waals surface area contributed by atoms with Crippen LogP contribution < -0.4 is 5.32 Å². The number of benzene rings is 2. The van der Waals surface area contributed by atoms with Gasteiger partial charge in [0, 0.05) is 0 Å². The van der Waals surface area contributed by atoms with Gasteiger partial charge in [0.2, 0.25) is 0 Å². The van der Waals surface area contributed by atoms with Crippen molar-refractivity contribution in [2.45, 2.75) is 40.2 Å². The van der Waals surface area contributed by atoms with E-state index in [1.165, 1.54) is 16.7 Å². The molecule has 0 aliphatic heterocycles. The highest BCUT2D eigenvalue weighted by atomic mass is 19.1. The third kappa shape index (κ3) is 3.51. The Kier molecular flexibility index (Phi) is 5.13. The quantitative estimate of drug-likeness (QED) is 0.829. The van der Waals surface area contributed by atoms with E-state index in [2.05, 4.69) is 44.3 Å².